The Kier molecular flexibility index (Phi) is 9.73. The summed E-state index contributed by atoms with van der Waals surface area (Å²) in [6.07, 6.45) is 0.351. The van der Waals surface area contributed by atoms with Crippen LogP contribution in [0.3, 0.4) is 0 Å². The molecule has 0 unspecified atom stereocenters. The molecule has 0 spiro atoms. The summed E-state index contributed by atoms with van der Waals surface area (Å²) < 4.78 is 11.8. The zero-order valence-electron chi connectivity index (χ0n) is 21.3. The van der Waals surface area contributed by atoms with Crippen LogP contribution in [0.1, 0.15) is 23.6 Å². The van der Waals surface area contributed by atoms with Crippen LogP contribution in [-0.2, 0) is 24.4 Å². The summed E-state index contributed by atoms with van der Waals surface area (Å²) in [6.45, 7) is 5.73. The van der Waals surface area contributed by atoms with E-state index in [0.717, 1.165) is 48.0 Å². The molecule has 0 saturated carbocycles. The lowest BCUT2D eigenvalue weighted by Gasteiger charge is -2.21. The number of likely N-dealkylation sites (N-methyl/N-ethyl adjacent to an activating group) is 1. The highest BCUT2D eigenvalue weighted by Gasteiger charge is 2.08. The minimum absolute atomic E-state index is 0.0206. The molecule has 0 aromatic heterocycles. The van der Waals surface area contributed by atoms with Crippen molar-refractivity contribution in [3.05, 3.63) is 126 Å². The number of carbonyl (C=O) groups excluding carboxylic acids is 1. The minimum Gasteiger partial charge on any atom is -0.489 e. The lowest BCUT2D eigenvalue weighted by atomic mass is 10.1. The van der Waals surface area contributed by atoms with Crippen molar-refractivity contribution in [2.45, 2.75) is 26.5 Å². The first kappa shape index (κ1) is 26.0. The molecule has 37 heavy (non-hydrogen) atoms. The van der Waals surface area contributed by atoms with Gasteiger partial charge in [0.15, 0.2) is 0 Å². The first-order chi connectivity index (χ1) is 18.2. The van der Waals surface area contributed by atoms with Crippen LogP contribution in [0.25, 0.3) is 0 Å². The number of para-hydroxylation sites is 1. The van der Waals surface area contributed by atoms with E-state index in [0.29, 0.717) is 19.6 Å². The number of carbonyl (C=O) groups is 1. The summed E-state index contributed by atoms with van der Waals surface area (Å²) in [5.41, 5.74) is 3.27. The lowest BCUT2D eigenvalue weighted by Crippen LogP contribution is -2.35. The number of nitrogens with one attached hydrogen (secondary N) is 1. The fourth-order valence-electron chi connectivity index (χ4n) is 3.98. The van der Waals surface area contributed by atoms with Gasteiger partial charge in [-0.3, -0.25) is 9.69 Å². The molecule has 190 valence electrons. The molecule has 0 aliphatic heterocycles. The van der Waals surface area contributed by atoms with Crippen molar-refractivity contribution in [3.8, 4) is 17.2 Å². The Morgan fingerprint density at radius 3 is 2.14 bits per heavy atom. The van der Waals surface area contributed by atoms with Gasteiger partial charge in [-0.05, 0) is 59.6 Å². The maximum atomic E-state index is 12.5. The fraction of sp³-hybridized carbons (Fsp3) is 0.219. The minimum atomic E-state index is 0.0206. The van der Waals surface area contributed by atoms with Gasteiger partial charge < -0.3 is 14.8 Å². The molecule has 4 aromatic rings. The Morgan fingerprint density at radius 1 is 0.730 bits per heavy atom. The maximum absolute atomic E-state index is 12.5. The zero-order valence-corrected chi connectivity index (χ0v) is 21.3. The molecule has 0 radical (unpaired) electrons. The maximum Gasteiger partial charge on any atom is 0.224 e. The van der Waals surface area contributed by atoms with E-state index in [9.17, 15) is 4.79 Å². The fourth-order valence-corrected chi connectivity index (χ4v) is 3.98. The average Bonchev–Trinajstić information content (AvgIpc) is 2.93. The van der Waals surface area contributed by atoms with Crippen molar-refractivity contribution in [2.24, 2.45) is 0 Å². The largest absolute Gasteiger partial charge is 0.489 e. The summed E-state index contributed by atoms with van der Waals surface area (Å²) in [5, 5.41) is 3.05. The molecular formula is C32H34N2O3. The van der Waals surface area contributed by atoms with Crippen LogP contribution >= 0.6 is 0 Å². The van der Waals surface area contributed by atoms with E-state index in [4.69, 9.17) is 9.47 Å². The number of hydrogen-bond acceptors (Lipinski definition) is 4. The lowest BCUT2D eigenvalue weighted by molar-refractivity contribution is -0.120. The van der Waals surface area contributed by atoms with E-state index in [1.165, 1.54) is 5.56 Å². The second-order valence-electron chi connectivity index (χ2n) is 8.88. The van der Waals surface area contributed by atoms with Crippen molar-refractivity contribution in [1.29, 1.82) is 0 Å². The Balaban J connectivity index is 1.18. The van der Waals surface area contributed by atoms with Crippen LogP contribution in [0.5, 0.6) is 17.2 Å². The van der Waals surface area contributed by atoms with E-state index in [1.54, 1.807) is 0 Å². The normalized spacial score (nSPS) is 10.8. The van der Waals surface area contributed by atoms with Gasteiger partial charge in [-0.1, -0.05) is 79.7 Å². The van der Waals surface area contributed by atoms with E-state index in [2.05, 4.69) is 29.3 Å². The smallest absolute Gasteiger partial charge is 0.224 e. The molecule has 1 N–H and O–H groups in total. The van der Waals surface area contributed by atoms with E-state index >= 15 is 0 Å². The number of amides is 1. The molecule has 0 aliphatic carbocycles. The van der Waals surface area contributed by atoms with Gasteiger partial charge in [0.1, 0.15) is 23.9 Å². The van der Waals surface area contributed by atoms with Crippen molar-refractivity contribution in [2.75, 3.05) is 19.6 Å². The SMILES string of the molecule is CCN(CCNC(=O)Cc1ccc(OCc2ccccc2)cc1)Cc1cccc(Oc2ccccc2)c1. The molecule has 0 bridgehead atoms. The molecule has 0 heterocycles. The van der Waals surface area contributed by atoms with Crippen LogP contribution in [-0.4, -0.2) is 30.4 Å². The number of benzene rings is 4. The molecule has 0 atom stereocenters. The Morgan fingerprint density at radius 2 is 1.41 bits per heavy atom. The number of ether oxygens (including phenoxy) is 2. The summed E-state index contributed by atoms with van der Waals surface area (Å²) in [6, 6.07) is 35.7. The van der Waals surface area contributed by atoms with Crippen molar-refractivity contribution in [1.82, 2.24) is 10.2 Å². The molecular weight excluding hydrogens is 460 g/mol. The van der Waals surface area contributed by atoms with Crippen LogP contribution in [0, 0.1) is 0 Å². The van der Waals surface area contributed by atoms with Gasteiger partial charge in [0.25, 0.3) is 0 Å². The zero-order chi connectivity index (χ0) is 25.7. The van der Waals surface area contributed by atoms with Crippen LogP contribution in [0.15, 0.2) is 109 Å². The standard InChI is InChI=1S/C32H34N2O3/c1-2-34(24-28-12-9-15-31(22-28)37-30-13-7-4-8-14-30)21-20-33-32(35)23-26-16-18-29(19-17-26)36-25-27-10-5-3-6-11-27/h3-19,22H,2,20-21,23-25H2,1H3,(H,33,35). The third-order valence-corrected chi connectivity index (χ3v) is 6.02. The van der Waals surface area contributed by atoms with Gasteiger partial charge in [0.05, 0.1) is 6.42 Å². The van der Waals surface area contributed by atoms with Crippen molar-refractivity contribution < 1.29 is 14.3 Å². The molecule has 0 aliphatic rings. The molecule has 5 heteroatoms. The monoisotopic (exact) mass is 494 g/mol. The highest BCUT2D eigenvalue weighted by molar-refractivity contribution is 5.78. The predicted octanol–water partition coefficient (Wildman–Crippen LogP) is 6.24. The average molecular weight is 495 g/mol. The van der Waals surface area contributed by atoms with E-state index in [1.807, 2.05) is 97.1 Å². The number of rotatable bonds is 13. The van der Waals surface area contributed by atoms with Gasteiger partial charge in [-0.15, -0.1) is 0 Å². The molecule has 4 aromatic carbocycles. The number of nitrogens with zero attached hydrogens (tertiary/aromatic N) is 1. The van der Waals surface area contributed by atoms with Gasteiger partial charge in [0.2, 0.25) is 5.91 Å². The first-order valence-electron chi connectivity index (χ1n) is 12.7. The third-order valence-electron chi connectivity index (χ3n) is 6.02. The third kappa shape index (κ3) is 8.81. The molecule has 4 rings (SSSR count). The van der Waals surface area contributed by atoms with E-state index in [-0.39, 0.29) is 5.91 Å². The predicted molar refractivity (Wildman–Crippen MR) is 148 cm³/mol. The van der Waals surface area contributed by atoms with Gasteiger partial charge in [0, 0.05) is 19.6 Å². The van der Waals surface area contributed by atoms with Gasteiger partial charge >= 0.3 is 0 Å². The summed E-state index contributed by atoms with van der Waals surface area (Å²) in [4.78, 5) is 14.8. The molecule has 0 saturated heterocycles. The highest BCUT2D eigenvalue weighted by Crippen LogP contribution is 2.22. The number of hydrogen-bond donors (Lipinski definition) is 1. The summed E-state index contributed by atoms with van der Waals surface area (Å²) >= 11 is 0. The second kappa shape index (κ2) is 13.9. The van der Waals surface area contributed by atoms with Crippen LogP contribution in [0.2, 0.25) is 0 Å². The quantitative estimate of drug-likeness (QED) is 0.239. The van der Waals surface area contributed by atoms with Gasteiger partial charge in [-0.25, -0.2) is 0 Å². The molecule has 0 fully saturated rings. The molecule has 5 nitrogen and oxygen atoms in total. The van der Waals surface area contributed by atoms with Crippen LogP contribution in [0.4, 0.5) is 0 Å². The van der Waals surface area contributed by atoms with Crippen molar-refractivity contribution >= 4 is 5.91 Å². The Labute approximate surface area is 219 Å². The Hall–Kier alpha value is -4.09. The van der Waals surface area contributed by atoms with Gasteiger partial charge in [-0.2, -0.15) is 0 Å². The second-order valence-corrected chi connectivity index (χ2v) is 8.88. The van der Waals surface area contributed by atoms with Crippen LogP contribution < -0.4 is 14.8 Å². The Bertz CT molecular complexity index is 1230. The summed E-state index contributed by atoms with van der Waals surface area (Å²) in [5.74, 6) is 2.46. The van der Waals surface area contributed by atoms with E-state index < -0.39 is 0 Å². The topological polar surface area (TPSA) is 50.8 Å². The van der Waals surface area contributed by atoms with Crippen molar-refractivity contribution in [3.63, 3.8) is 0 Å². The summed E-state index contributed by atoms with van der Waals surface area (Å²) in [7, 11) is 0. The highest BCUT2D eigenvalue weighted by atomic mass is 16.5. The first-order valence-corrected chi connectivity index (χ1v) is 12.7. The molecule has 1 amide bonds.